The number of amides is 2. The Hall–Kier alpha value is -4.88. The summed E-state index contributed by atoms with van der Waals surface area (Å²) in [7, 11) is 0. The van der Waals surface area contributed by atoms with Crippen molar-refractivity contribution in [3.8, 4) is 11.1 Å². The van der Waals surface area contributed by atoms with E-state index in [1.807, 2.05) is 23.6 Å². The number of hydrogen-bond acceptors (Lipinski definition) is 9. The molecule has 2 saturated heterocycles. The van der Waals surface area contributed by atoms with Crippen LogP contribution >= 0.6 is 0 Å². The maximum absolute atomic E-state index is 15.4. The summed E-state index contributed by atoms with van der Waals surface area (Å²) in [4.78, 5) is 43.2. The fraction of sp³-hybridized carbons (Fsp3) is 0.357. The zero-order chi connectivity index (χ0) is 29.5. The summed E-state index contributed by atoms with van der Waals surface area (Å²) in [5, 5.41) is 13.3. The number of piperazine rings is 1. The monoisotopic (exact) mass is 578 g/mol. The molecule has 0 saturated carbocycles. The number of aliphatic carboxylic acids is 1. The number of benzene rings is 2. The Kier molecular flexibility index (Phi) is 7.04. The molecule has 218 valence electrons. The number of carbonyl (C=O) groups excluding carboxylic acids is 1. The Morgan fingerprint density at radius 3 is 2.45 bits per heavy atom. The van der Waals surface area contributed by atoms with Crippen LogP contribution in [-0.4, -0.2) is 87.9 Å². The lowest BCUT2D eigenvalue weighted by atomic mass is 10.0. The molecule has 2 aliphatic heterocycles. The van der Waals surface area contributed by atoms with Gasteiger partial charge in [0.05, 0.1) is 16.6 Å². The normalized spacial score (nSPS) is 15.9. The van der Waals surface area contributed by atoms with Gasteiger partial charge in [-0.05, 0) is 35.0 Å². The predicted molar refractivity (Wildman–Crippen MR) is 150 cm³/mol. The van der Waals surface area contributed by atoms with Crippen LogP contribution in [0.1, 0.15) is 25.7 Å². The molecule has 2 aliphatic rings. The third-order valence-corrected chi connectivity index (χ3v) is 7.48. The maximum atomic E-state index is 15.4. The van der Waals surface area contributed by atoms with E-state index >= 15 is 8.78 Å². The van der Waals surface area contributed by atoms with Crippen LogP contribution in [0.2, 0.25) is 0 Å². The average Bonchev–Trinajstić information content (AvgIpc) is 3.61. The van der Waals surface area contributed by atoms with E-state index in [0.717, 1.165) is 4.90 Å². The lowest BCUT2D eigenvalue weighted by Crippen LogP contribution is -2.47. The highest BCUT2D eigenvalue weighted by Gasteiger charge is 2.32. The number of carbonyl (C=O) groups is 2. The van der Waals surface area contributed by atoms with Crippen molar-refractivity contribution in [1.82, 2.24) is 25.0 Å². The fourth-order valence-corrected chi connectivity index (χ4v) is 5.31. The van der Waals surface area contributed by atoms with Gasteiger partial charge in [0, 0.05) is 50.7 Å². The molecule has 2 amide bonds. The molecule has 6 rings (SSSR count). The summed E-state index contributed by atoms with van der Waals surface area (Å²) >= 11 is 0. The van der Waals surface area contributed by atoms with Gasteiger partial charge in [-0.25, -0.2) is 23.5 Å². The number of hydrogen-bond donors (Lipinski definition) is 1. The van der Waals surface area contributed by atoms with E-state index in [1.165, 1.54) is 29.4 Å². The van der Waals surface area contributed by atoms with E-state index in [2.05, 4.69) is 20.1 Å². The molecule has 0 atom stereocenters. The Morgan fingerprint density at radius 2 is 1.76 bits per heavy atom. The van der Waals surface area contributed by atoms with E-state index in [4.69, 9.17) is 9.63 Å². The minimum absolute atomic E-state index is 0.0401. The van der Waals surface area contributed by atoms with Gasteiger partial charge in [-0.15, -0.1) is 0 Å². The second-order valence-corrected chi connectivity index (χ2v) is 10.5. The largest absolute Gasteiger partial charge is 0.480 e. The predicted octanol–water partition coefficient (Wildman–Crippen LogP) is 3.73. The van der Waals surface area contributed by atoms with Gasteiger partial charge >= 0.3 is 12.0 Å². The van der Waals surface area contributed by atoms with E-state index in [1.54, 1.807) is 12.1 Å². The summed E-state index contributed by atoms with van der Waals surface area (Å²) in [6, 6.07) is 6.65. The molecule has 2 fully saturated rings. The molecule has 4 heterocycles. The quantitative estimate of drug-likeness (QED) is 0.346. The Bertz CT molecular complexity index is 1670. The number of urea groups is 1. The molecule has 2 aromatic carbocycles. The van der Waals surface area contributed by atoms with Crippen LogP contribution in [0.5, 0.6) is 0 Å². The second-order valence-electron chi connectivity index (χ2n) is 10.5. The van der Waals surface area contributed by atoms with E-state index in [-0.39, 0.29) is 30.1 Å². The highest BCUT2D eigenvalue weighted by atomic mass is 19.1. The maximum Gasteiger partial charge on any atom is 0.325 e. The number of anilines is 3. The first-order valence-corrected chi connectivity index (χ1v) is 13.6. The van der Waals surface area contributed by atoms with Gasteiger partial charge in [0.15, 0.2) is 0 Å². The molecule has 12 nitrogen and oxygen atoms in total. The zero-order valence-electron chi connectivity index (χ0n) is 23.0. The van der Waals surface area contributed by atoms with E-state index < -0.39 is 30.2 Å². The number of nitrogens with zero attached hydrogens (tertiary/aromatic N) is 8. The molecular weight excluding hydrogens is 550 g/mol. The Morgan fingerprint density at radius 1 is 1.00 bits per heavy atom. The first kappa shape index (κ1) is 27.3. The van der Waals surface area contributed by atoms with E-state index in [0.29, 0.717) is 60.5 Å². The first-order chi connectivity index (χ1) is 20.2. The summed E-state index contributed by atoms with van der Waals surface area (Å²) in [6.07, 6.45) is 1.37. The first-order valence-electron chi connectivity index (χ1n) is 13.6. The van der Waals surface area contributed by atoms with Gasteiger partial charge in [-0.3, -0.25) is 9.69 Å². The average molecular weight is 579 g/mol. The SMILES string of the molecule is CC(C)c1nc(N2CCN(c3ncnc4c(-c5ccc(N6CCN(CC(=O)O)C6=O)c(F)c5)ccc(F)c34)CC2)no1. The third-order valence-electron chi connectivity index (χ3n) is 7.48. The number of carboxylic acids is 1. The van der Waals surface area contributed by atoms with Crippen LogP contribution in [-0.2, 0) is 4.79 Å². The smallest absolute Gasteiger partial charge is 0.325 e. The van der Waals surface area contributed by atoms with Crippen LogP contribution in [0, 0.1) is 11.6 Å². The fourth-order valence-electron chi connectivity index (χ4n) is 5.31. The summed E-state index contributed by atoms with van der Waals surface area (Å²) in [5.74, 6) is -0.644. The number of aromatic nitrogens is 4. The Balaban J connectivity index is 1.26. The summed E-state index contributed by atoms with van der Waals surface area (Å²) in [6.45, 7) is 6.07. The van der Waals surface area contributed by atoms with Gasteiger partial charge in [0.25, 0.3) is 5.95 Å². The standard InChI is InChI=1S/C28H28F2N8O4/c1-16(2)26-33-27(34-42-26)36-9-7-35(8-10-36)25-23-19(29)5-4-18(24(23)31-15-32-25)17-3-6-21(20(30)13-17)38-12-11-37(28(38)41)14-22(39)40/h3-6,13,15-16H,7-12,14H2,1-2H3,(H,39,40). The van der Waals surface area contributed by atoms with Crippen molar-refractivity contribution in [2.45, 2.75) is 19.8 Å². The second kappa shape index (κ2) is 10.8. The number of fused-ring (bicyclic) bond motifs is 1. The summed E-state index contributed by atoms with van der Waals surface area (Å²) < 4.78 is 36.0. The Labute approximate surface area is 239 Å². The lowest BCUT2D eigenvalue weighted by Gasteiger charge is -2.35. The zero-order valence-corrected chi connectivity index (χ0v) is 23.0. The van der Waals surface area contributed by atoms with Crippen molar-refractivity contribution in [2.75, 3.05) is 60.5 Å². The van der Waals surface area contributed by atoms with Crippen molar-refractivity contribution in [3.63, 3.8) is 0 Å². The van der Waals surface area contributed by atoms with Crippen LogP contribution in [0.4, 0.5) is 31.0 Å². The minimum atomic E-state index is -1.14. The molecule has 4 aromatic rings. The van der Waals surface area contributed by atoms with Crippen molar-refractivity contribution < 1.29 is 28.0 Å². The number of halogens is 2. The van der Waals surface area contributed by atoms with Crippen molar-refractivity contribution in [1.29, 1.82) is 0 Å². The third kappa shape index (κ3) is 4.92. The molecule has 1 N–H and O–H groups in total. The van der Waals surface area contributed by atoms with Gasteiger partial charge in [0.1, 0.15) is 30.3 Å². The van der Waals surface area contributed by atoms with Gasteiger partial charge in [-0.1, -0.05) is 19.9 Å². The highest BCUT2D eigenvalue weighted by molar-refractivity contribution is 6.00. The molecule has 0 radical (unpaired) electrons. The van der Waals surface area contributed by atoms with Crippen molar-refractivity contribution in [3.05, 3.63) is 54.2 Å². The molecule has 42 heavy (non-hydrogen) atoms. The van der Waals surface area contributed by atoms with Crippen molar-refractivity contribution >= 4 is 40.4 Å². The van der Waals surface area contributed by atoms with Gasteiger partial charge in [0.2, 0.25) is 5.89 Å². The van der Waals surface area contributed by atoms with Crippen LogP contribution in [0.25, 0.3) is 22.0 Å². The van der Waals surface area contributed by atoms with E-state index in [9.17, 15) is 9.59 Å². The van der Waals surface area contributed by atoms with Crippen LogP contribution < -0.4 is 14.7 Å². The summed E-state index contributed by atoms with van der Waals surface area (Å²) in [5.41, 5.74) is 1.33. The number of rotatable bonds is 7. The number of carboxylic acid groups (broad SMARTS) is 1. The molecule has 2 aromatic heterocycles. The molecule has 14 heteroatoms. The lowest BCUT2D eigenvalue weighted by molar-refractivity contribution is -0.137. The molecule has 0 unspecified atom stereocenters. The molecule has 0 bridgehead atoms. The van der Waals surface area contributed by atoms with Gasteiger partial charge in [-0.2, -0.15) is 4.98 Å². The highest BCUT2D eigenvalue weighted by Crippen LogP contribution is 2.36. The minimum Gasteiger partial charge on any atom is -0.480 e. The molecular formula is C28H28F2N8O4. The topological polar surface area (TPSA) is 132 Å². The van der Waals surface area contributed by atoms with Crippen molar-refractivity contribution in [2.24, 2.45) is 0 Å². The molecule has 0 aliphatic carbocycles. The molecule has 0 spiro atoms. The van der Waals surface area contributed by atoms with Gasteiger partial charge < -0.3 is 24.3 Å². The van der Waals surface area contributed by atoms with Crippen LogP contribution in [0.3, 0.4) is 0 Å². The van der Waals surface area contributed by atoms with Crippen LogP contribution in [0.15, 0.2) is 41.2 Å².